The fourth-order valence-corrected chi connectivity index (χ4v) is 3.16. The average Bonchev–Trinajstić information content (AvgIpc) is 2.79. The molecule has 0 saturated heterocycles. The largest absolute Gasteiger partial charge is 0.337 e. The van der Waals surface area contributed by atoms with Gasteiger partial charge in [0, 0.05) is 18.4 Å². The van der Waals surface area contributed by atoms with Crippen molar-refractivity contribution in [3.8, 4) is 0 Å². The van der Waals surface area contributed by atoms with Gasteiger partial charge in [0.05, 0.1) is 16.8 Å². The summed E-state index contributed by atoms with van der Waals surface area (Å²) in [4.78, 5) is 15.6. The maximum absolute atomic E-state index is 4.64. The van der Waals surface area contributed by atoms with Crippen LogP contribution in [0.25, 0.3) is 10.2 Å². The van der Waals surface area contributed by atoms with Gasteiger partial charge in [-0.1, -0.05) is 12.1 Å². The quantitative estimate of drug-likeness (QED) is 0.739. The zero-order chi connectivity index (χ0) is 14.1. The van der Waals surface area contributed by atoms with Crippen molar-refractivity contribution in [2.45, 2.75) is 20.4 Å². The number of thiazole rings is 1. The van der Waals surface area contributed by atoms with E-state index >= 15 is 0 Å². The van der Waals surface area contributed by atoms with Gasteiger partial charge < -0.3 is 4.90 Å². The lowest BCUT2D eigenvalue weighted by Gasteiger charge is -2.16. The zero-order valence-electron chi connectivity index (χ0n) is 11.8. The fourth-order valence-electron chi connectivity index (χ4n) is 2.14. The molecule has 0 spiro atoms. The molecule has 0 amide bonds. The van der Waals surface area contributed by atoms with Crippen molar-refractivity contribution in [2.75, 3.05) is 11.9 Å². The average molecular weight is 284 g/mol. The minimum absolute atomic E-state index is 0.724. The van der Waals surface area contributed by atoms with Gasteiger partial charge in [-0.3, -0.25) is 0 Å². The molecule has 3 aromatic rings. The molecule has 2 heterocycles. The van der Waals surface area contributed by atoms with E-state index in [0.717, 1.165) is 34.4 Å². The van der Waals surface area contributed by atoms with E-state index in [1.54, 1.807) is 11.3 Å². The lowest BCUT2D eigenvalue weighted by molar-refractivity contribution is 0.847. The number of benzene rings is 1. The molecule has 0 aliphatic carbocycles. The van der Waals surface area contributed by atoms with Crippen molar-refractivity contribution in [1.82, 2.24) is 15.0 Å². The van der Waals surface area contributed by atoms with Crippen LogP contribution in [0.4, 0.5) is 5.95 Å². The predicted octanol–water partition coefficient (Wildman–Crippen LogP) is 3.34. The number of rotatable bonds is 3. The molecule has 1 aromatic carbocycles. The first-order valence-electron chi connectivity index (χ1n) is 6.50. The van der Waals surface area contributed by atoms with Crippen LogP contribution in [0.3, 0.4) is 0 Å². The number of nitrogens with zero attached hydrogens (tertiary/aromatic N) is 4. The van der Waals surface area contributed by atoms with Crippen LogP contribution in [0, 0.1) is 13.8 Å². The Morgan fingerprint density at radius 3 is 2.45 bits per heavy atom. The SMILES string of the molecule is Cc1cc(C)nc(N(C)Cc2nc3ccccc3s2)n1. The van der Waals surface area contributed by atoms with E-state index in [9.17, 15) is 0 Å². The summed E-state index contributed by atoms with van der Waals surface area (Å²) < 4.78 is 1.22. The molecule has 0 aliphatic rings. The van der Waals surface area contributed by atoms with Gasteiger partial charge in [-0.2, -0.15) is 0 Å². The summed E-state index contributed by atoms with van der Waals surface area (Å²) in [5.74, 6) is 0.752. The first kappa shape index (κ1) is 13.0. The number of aryl methyl sites for hydroxylation is 2. The molecule has 0 aliphatic heterocycles. The molecule has 20 heavy (non-hydrogen) atoms. The molecule has 2 aromatic heterocycles. The minimum atomic E-state index is 0.724. The zero-order valence-corrected chi connectivity index (χ0v) is 12.6. The third-order valence-electron chi connectivity index (χ3n) is 3.02. The molecule has 0 N–H and O–H groups in total. The Morgan fingerprint density at radius 1 is 1.05 bits per heavy atom. The maximum atomic E-state index is 4.64. The molecule has 0 bridgehead atoms. The van der Waals surface area contributed by atoms with Crippen LogP contribution in [0.15, 0.2) is 30.3 Å². The van der Waals surface area contributed by atoms with E-state index in [2.05, 4.69) is 21.0 Å². The summed E-state index contributed by atoms with van der Waals surface area (Å²) in [6.45, 7) is 4.70. The van der Waals surface area contributed by atoms with Crippen LogP contribution in [-0.4, -0.2) is 22.0 Å². The van der Waals surface area contributed by atoms with Gasteiger partial charge in [0.15, 0.2) is 0 Å². The van der Waals surface area contributed by atoms with Gasteiger partial charge >= 0.3 is 0 Å². The lowest BCUT2D eigenvalue weighted by atomic mass is 10.3. The maximum Gasteiger partial charge on any atom is 0.225 e. The van der Waals surface area contributed by atoms with Crippen LogP contribution >= 0.6 is 11.3 Å². The van der Waals surface area contributed by atoms with E-state index in [0.29, 0.717) is 0 Å². The smallest absolute Gasteiger partial charge is 0.225 e. The van der Waals surface area contributed by atoms with Crippen LogP contribution in [-0.2, 0) is 6.54 Å². The Hall–Kier alpha value is -2.01. The summed E-state index contributed by atoms with van der Waals surface area (Å²) in [5.41, 5.74) is 3.04. The molecule has 0 fully saturated rings. The normalized spacial score (nSPS) is 10.9. The molecule has 4 nitrogen and oxygen atoms in total. The van der Waals surface area contributed by atoms with E-state index in [1.807, 2.05) is 50.1 Å². The number of fused-ring (bicyclic) bond motifs is 1. The number of anilines is 1. The van der Waals surface area contributed by atoms with E-state index in [-0.39, 0.29) is 0 Å². The highest BCUT2D eigenvalue weighted by Crippen LogP contribution is 2.23. The van der Waals surface area contributed by atoms with Crippen LogP contribution in [0.2, 0.25) is 0 Å². The topological polar surface area (TPSA) is 41.9 Å². The fraction of sp³-hybridized carbons (Fsp3) is 0.267. The number of aromatic nitrogens is 3. The van der Waals surface area contributed by atoms with Crippen LogP contribution in [0.1, 0.15) is 16.4 Å². The van der Waals surface area contributed by atoms with E-state index in [4.69, 9.17) is 0 Å². The molecular formula is C15H16N4S. The highest BCUT2D eigenvalue weighted by atomic mass is 32.1. The van der Waals surface area contributed by atoms with Crippen LogP contribution in [0.5, 0.6) is 0 Å². The van der Waals surface area contributed by atoms with Gasteiger partial charge in [-0.15, -0.1) is 11.3 Å². The Bertz CT molecular complexity index is 697. The first-order chi connectivity index (χ1) is 9.61. The molecular weight excluding hydrogens is 268 g/mol. The number of hydrogen-bond acceptors (Lipinski definition) is 5. The minimum Gasteiger partial charge on any atom is -0.337 e. The highest BCUT2D eigenvalue weighted by molar-refractivity contribution is 7.18. The summed E-state index contributed by atoms with van der Waals surface area (Å²) in [6, 6.07) is 10.2. The van der Waals surface area contributed by atoms with E-state index in [1.165, 1.54) is 4.70 Å². The third kappa shape index (κ3) is 2.63. The highest BCUT2D eigenvalue weighted by Gasteiger charge is 2.10. The number of para-hydroxylation sites is 1. The van der Waals surface area contributed by atoms with Crippen molar-refractivity contribution in [2.24, 2.45) is 0 Å². The molecule has 102 valence electrons. The summed E-state index contributed by atoms with van der Waals surface area (Å²) in [6.07, 6.45) is 0. The van der Waals surface area contributed by atoms with Crippen molar-refractivity contribution in [1.29, 1.82) is 0 Å². The molecule has 5 heteroatoms. The van der Waals surface area contributed by atoms with Gasteiger partial charge in [-0.25, -0.2) is 15.0 Å². The Kier molecular flexibility index (Phi) is 3.36. The Balaban J connectivity index is 1.86. The lowest BCUT2D eigenvalue weighted by Crippen LogP contribution is -2.19. The monoisotopic (exact) mass is 284 g/mol. The molecule has 0 saturated carbocycles. The van der Waals surface area contributed by atoms with Gasteiger partial charge in [-0.05, 0) is 32.0 Å². The second-order valence-electron chi connectivity index (χ2n) is 4.88. The van der Waals surface area contributed by atoms with Gasteiger partial charge in [0.25, 0.3) is 0 Å². The summed E-state index contributed by atoms with van der Waals surface area (Å²) >= 11 is 1.72. The van der Waals surface area contributed by atoms with Crippen molar-refractivity contribution in [3.05, 3.63) is 46.7 Å². The van der Waals surface area contributed by atoms with Gasteiger partial charge in [0.2, 0.25) is 5.95 Å². The van der Waals surface area contributed by atoms with Gasteiger partial charge in [0.1, 0.15) is 5.01 Å². The Morgan fingerprint density at radius 2 is 1.75 bits per heavy atom. The van der Waals surface area contributed by atoms with Crippen molar-refractivity contribution < 1.29 is 0 Å². The summed E-state index contributed by atoms with van der Waals surface area (Å²) in [5, 5.41) is 1.08. The molecule has 3 rings (SSSR count). The summed E-state index contributed by atoms with van der Waals surface area (Å²) in [7, 11) is 2.00. The Labute approximate surface area is 122 Å². The van der Waals surface area contributed by atoms with Crippen molar-refractivity contribution in [3.63, 3.8) is 0 Å². The van der Waals surface area contributed by atoms with E-state index < -0.39 is 0 Å². The standard InChI is InChI=1S/C15H16N4S/c1-10-8-11(2)17-15(16-10)19(3)9-14-18-12-6-4-5-7-13(12)20-14/h4-8H,9H2,1-3H3. The first-order valence-corrected chi connectivity index (χ1v) is 7.31. The molecule has 0 unspecified atom stereocenters. The molecule has 0 atom stereocenters. The second-order valence-corrected chi connectivity index (χ2v) is 6.00. The third-order valence-corrected chi connectivity index (χ3v) is 4.04. The predicted molar refractivity (Wildman–Crippen MR) is 83.2 cm³/mol. The second kappa shape index (κ2) is 5.17. The molecule has 0 radical (unpaired) electrons. The number of hydrogen-bond donors (Lipinski definition) is 0. The van der Waals surface area contributed by atoms with Crippen molar-refractivity contribution >= 4 is 27.5 Å². The van der Waals surface area contributed by atoms with Crippen LogP contribution < -0.4 is 4.90 Å².